The fourth-order valence-corrected chi connectivity index (χ4v) is 5.40. The minimum atomic E-state index is -4.52. The van der Waals surface area contributed by atoms with Gasteiger partial charge in [-0.3, -0.25) is 14.3 Å². The second-order valence-corrected chi connectivity index (χ2v) is 10.2. The SMILES string of the molecule is CCn1nccc1C(=O)NC(c1cn2nc(CC3C[C@@H](C(F)(F)F)NC3=O)ccc2n1)C1CCC(F)(F)CC1. The van der Waals surface area contributed by atoms with Gasteiger partial charge in [-0.1, -0.05) is 0 Å². The van der Waals surface area contributed by atoms with Crippen molar-refractivity contribution in [2.75, 3.05) is 0 Å². The number of halogens is 5. The monoisotopic (exact) mass is 553 g/mol. The number of hydrogen-bond donors (Lipinski definition) is 2. The molecule has 0 bridgehead atoms. The van der Waals surface area contributed by atoms with Crippen molar-refractivity contribution in [3.05, 3.63) is 47.7 Å². The molecule has 210 valence electrons. The van der Waals surface area contributed by atoms with E-state index in [1.54, 1.807) is 24.4 Å². The number of aryl methyl sites for hydroxylation is 1. The van der Waals surface area contributed by atoms with E-state index in [1.165, 1.54) is 15.4 Å². The molecular formula is C25H28F5N7O2. The Labute approximate surface area is 220 Å². The number of imidazole rings is 1. The molecule has 1 aliphatic heterocycles. The van der Waals surface area contributed by atoms with Gasteiger partial charge in [-0.2, -0.15) is 23.4 Å². The van der Waals surface area contributed by atoms with Crippen LogP contribution in [0.25, 0.3) is 5.65 Å². The van der Waals surface area contributed by atoms with Gasteiger partial charge in [0.05, 0.1) is 23.6 Å². The quantitative estimate of drug-likeness (QED) is 0.433. The molecule has 9 nitrogen and oxygen atoms in total. The molecule has 2 amide bonds. The lowest BCUT2D eigenvalue weighted by Crippen LogP contribution is -2.38. The van der Waals surface area contributed by atoms with Crippen LogP contribution in [0.4, 0.5) is 22.0 Å². The van der Waals surface area contributed by atoms with Crippen LogP contribution in [0, 0.1) is 11.8 Å². The number of aromatic nitrogens is 5. The van der Waals surface area contributed by atoms with E-state index in [4.69, 9.17) is 0 Å². The first-order valence-corrected chi connectivity index (χ1v) is 12.9. The Morgan fingerprint density at radius 3 is 2.64 bits per heavy atom. The van der Waals surface area contributed by atoms with Gasteiger partial charge in [0.2, 0.25) is 11.8 Å². The van der Waals surface area contributed by atoms with Crippen LogP contribution in [0.3, 0.4) is 0 Å². The summed E-state index contributed by atoms with van der Waals surface area (Å²) in [5, 5.41) is 13.5. The zero-order chi connectivity index (χ0) is 27.9. The van der Waals surface area contributed by atoms with Crippen LogP contribution in [0.5, 0.6) is 0 Å². The van der Waals surface area contributed by atoms with Crippen LogP contribution >= 0.6 is 0 Å². The van der Waals surface area contributed by atoms with Gasteiger partial charge in [0, 0.05) is 37.9 Å². The van der Waals surface area contributed by atoms with Gasteiger partial charge in [-0.25, -0.2) is 18.3 Å². The van der Waals surface area contributed by atoms with Gasteiger partial charge >= 0.3 is 6.18 Å². The van der Waals surface area contributed by atoms with Crippen LogP contribution in [-0.4, -0.2) is 54.3 Å². The molecule has 0 radical (unpaired) electrons. The molecule has 2 fully saturated rings. The molecule has 0 aromatic carbocycles. The second-order valence-electron chi connectivity index (χ2n) is 10.2. The van der Waals surface area contributed by atoms with Gasteiger partial charge in [-0.15, -0.1) is 0 Å². The molecule has 1 saturated heterocycles. The average molecular weight is 554 g/mol. The number of carbonyl (C=O) groups is 2. The molecule has 4 heterocycles. The third-order valence-corrected chi connectivity index (χ3v) is 7.54. The van der Waals surface area contributed by atoms with Crippen LogP contribution < -0.4 is 10.6 Å². The van der Waals surface area contributed by atoms with Crippen molar-refractivity contribution in [2.45, 2.75) is 76.2 Å². The third kappa shape index (κ3) is 5.74. The van der Waals surface area contributed by atoms with Crippen LogP contribution in [-0.2, 0) is 17.8 Å². The van der Waals surface area contributed by atoms with E-state index >= 15 is 0 Å². The van der Waals surface area contributed by atoms with Crippen molar-refractivity contribution in [1.82, 2.24) is 35.0 Å². The first-order valence-electron chi connectivity index (χ1n) is 12.9. The summed E-state index contributed by atoms with van der Waals surface area (Å²) in [4.78, 5) is 29.8. The molecule has 2 unspecified atom stereocenters. The number of rotatable bonds is 7. The average Bonchev–Trinajstić information content (AvgIpc) is 3.60. The fraction of sp³-hybridized carbons (Fsp3) is 0.560. The predicted octanol–water partition coefficient (Wildman–Crippen LogP) is 3.85. The topological polar surface area (TPSA) is 106 Å². The van der Waals surface area contributed by atoms with Gasteiger partial charge in [0.1, 0.15) is 11.7 Å². The lowest BCUT2D eigenvalue weighted by molar-refractivity contribution is -0.154. The van der Waals surface area contributed by atoms with E-state index < -0.39 is 41.9 Å². The van der Waals surface area contributed by atoms with Crippen LogP contribution in [0.15, 0.2) is 30.6 Å². The summed E-state index contributed by atoms with van der Waals surface area (Å²) in [6.45, 7) is 2.31. The van der Waals surface area contributed by atoms with Gasteiger partial charge < -0.3 is 10.6 Å². The molecule has 0 spiro atoms. The number of carbonyl (C=O) groups excluding carboxylic acids is 2. The van der Waals surface area contributed by atoms with E-state index in [2.05, 4.69) is 20.5 Å². The Morgan fingerprint density at radius 2 is 1.97 bits per heavy atom. The highest BCUT2D eigenvalue weighted by Crippen LogP contribution is 2.41. The summed E-state index contributed by atoms with van der Waals surface area (Å²) >= 11 is 0. The summed E-state index contributed by atoms with van der Waals surface area (Å²) < 4.78 is 69.9. The highest BCUT2D eigenvalue weighted by molar-refractivity contribution is 5.92. The standard InChI is InChI=1S/C25H28F5N7O2/c1-2-36-18(7-10-31-36)23(39)34-21(14-5-8-24(26,27)9-6-14)17-13-37-20(32-17)4-3-16(35-37)11-15-12-19(25(28,29)30)33-22(15)38/h3-4,7,10,13-15,19,21H,2,5-6,8-9,11-12H2,1H3,(H,33,38)(H,34,39)/t15?,19-,21?/m0/s1. The molecule has 14 heteroatoms. The number of nitrogens with zero attached hydrogens (tertiary/aromatic N) is 5. The van der Waals surface area contributed by atoms with E-state index in [1.807, 2.05) is 12.2 Å². The molecule has 39 heavy (non-hydrogen) atoms. The van der Waals surface area contributed by atoms with Gasteiger partial charge in [-0.05, 0) is 50.3 Å². The minimum absolute atomic E-state index is 0.0146. The molecule has 1 saturated carbocycles. The first kappa shape index (κ1) is 27.0. The van der Waals surface area contributed by atoms with Crippen molar-refractivity contribution in [1.29, 1.82) is 0 Å². The fourth-order valence-electron chi connectivity index (χ4n) is 5.40. The van der Waals surface area contributed by atoms with Crippen LogP contribution in [0.1, 0.15) is 66.9 Å². The summed E-state index contributed by atoms with van der Waals surface area (Å²) in [7, 11) is 0. The molecule has 3 aromatic rings. The van der Waals surface area contributed by atoms with Gasteiger partial charge in [0.15, 0.2) is 5.65 Å². The second kappa shape index (κ2) is 10.2. The maximum Gasteiger partial charge on any atom is 0.408 e. The van der Waals surface area contributed by atoms with Gasteiger partial charge in [0.25, 0.3) is 5.91 Å². The molecule has 2 aliphatic rings. The Balaban J connectivity index is 1.39. The van der Waals surface area contributed by atoms with Crippen molar-refractivity contribution in [2.24, 2.45) is 11.8 Å². The lowest BCUT2D eigenvalue weighted by Gasteiger charge is -2.33. The largest absolute Gasteiger partial charge is 0.408 e. The Morgan fingerprint density at radius 1 is 1.23 bits per heavy atom. The molecule has 5 rings (SSSR count). The van der Waals surface area contributed by atoms with Crippen LogP contribution in [0.2, 0.25) is 0 Å². The molecule has 3 atom stereocenters. The summed E-state index contributed by atoms with van der Waals surface area (Å²) in [6, 6.07) is 2.24. The zero-order valence-electron chi connectivity index (χ0n) is 21.1. The highest BCUT2D eigenvalue weighted by Gasteiger charge is 2.47. The number of hydrogen-bond acceptors (Lipinski definition) is 5. The highest BCUT2D eigenvalue weighted by atomic mass is 19.4. The maximum absolute atomic E-state index is 13.9. The number of nitrogens with one attached hydrogen (secondary N) is 2. The van der Waals surface area contributed by atoms with Crippen molar-refractivity contribution in [3.8, 4) is 0 Å². The lowest BCUT2D eigenvalue weighted by atomic mass is 9.81. The Kier molecular flexibility index (Phi) is 7.06. The minimum Gasteiger partial charge on any atom is -0.344 e. The van der Waals surface area contributed by atoms with E-state index in [-0.39, 0.29) is 44.4 Å². The molecule has 1 aliphatic carbocycles. The zero-order valence-corrected chi connectivity index (χ0v) is 21.1. The molecular weight excluding hydrogens is 525 g/mol. The smallest absolute Gasteiger partial charge is 0.344 e. The Hall–Kier alpha value is -3.58. The molecule has 2 N–H and O–H groups in total. The maximum atomic E-state index is 13.9. The Bertz CT molecular complexity index is 1360. The normalized spacial score (nSPS) is 22.7. The predicted molar refractivity (Wildman–Crippen MR) is 128 cm³/mol. The number of amides is 2. The van der Waals surface area contributed by atoms with E-state index in [9.17, 15) is 31.5 Å². The molecule has 3 aromatic heterocycles. The summed E-state index contributed by atoms with van der Waals surface area (Å²) in [5.41, 5.74) is 1.58. The van der Waals surface area contributed by atoms with E-state index in [0.29, 0.717) is 29.3 Å². The first-order chi connectivity index (χ1) is 18.4. The van der Waals surface area contributed by atoms with E-state index in [0.717, 1.165) is 0 Å². The number of alkyl halides is 5. The summed E-state index contributed by atoms with van der Waals surface area (Å²) in [6.07, 6.45) is -1.99. The summed E-state index contributed by atoms with van der Waals surface area (Å²) in [5.74, 6) is -5.00. The van der Waals surface area contributed by atoms with Crippen molar-refractivity contribution < 1.29 is 31.5 Å². The van der Waals surface area contributed by atoms with Crippen molar-refractivity contribution in [3.63, 3.8) is 0 Å². The number of fused-ring (bicyclic) bond motifs is 1. The van der Waals surface area contributed by atoms with Crippen molar-refractivity contribution >= 4 is 17.5 Å². The third-order valence-electron chi connectivity index (χ3n) is 7.54.